The predicted octanol–water partition coefficient (Wildman–Crippen LogP) is 4.72. The Bertz CT molecular complexity index is 775. The van der Waals surface area contributed by atoms with E-state index in [-0.39, 0.29) is 5.91 Å². The number of furan rings is 1. The van der Waals surface area contributed by atoms with Crippen LogP contribution < -0.4 is 10.1 Å². The van der Waals surface area contributed by atoms with Crippen LogP contribution in [0.15, 0.2) is 83.5 Å². The van der Waals surface area contributed by atoms with Crippen molar-refractivity contribution in [3.05, 3.63) is 84.8 Å². The van der Waals surface area contributed by atoms with Gasteiger partial charge in [0.05, 0.1) is 6.26 Å². The van der Waals surface area contributed by atoms with Crippen LogP contribution in [0.1, 0.15) is 5.76 Å². The van der Waals surface area contributed by atoms with Crippen molar-refractivity contribution in [2.24, 2.45) is 0 Å². The van der Waals surface area contributed by atoms with Gasteiger partial charge in [0.25, 0.3) is 0 Å². The zero-order chi connectivity index (χ0) is 15.9. The molecule has 1 heterocycles. The first kappa shape index (κ1) is 14.7. The number of hydrogen-bond acceptors (Lipinski definition) is 3. The minimum atomic E-state index is -0.224. The minimum absolute atomic E-state index is 0.224. The third kappa shape index (κ3) is 4.35. The number of rotatable bonds is 5. The summed E-state index contributed by atoms with van der Waals surface area (Å²) < 4.78 is 10.8. The standard InChI is InChI=1S/C19H15NO3/c21-19(13-12-16-7-4-14-22-16)20-15-8-10-18(11-9-15)23-17-5-2-1-3-6-17/h1-14H,(H,20,21)/b13-12+. The molecular weight excluding hydrogens is 290 g/mol. The fourth-order valence-electron chi connectivity index (χ4n) is 1.96. The van der Waals surface area contributed by atoms with E-state index in [2.05, 4.69) is 5.32 Å². The van der Waals surface area contributed by atoms with E-state index in [1.165, 1.54) is 6.08 Å². The molecule has 0 fully saturated rings. The summed E-state index contributed by atoms with van der Waals surface area (Å²) in [6.45, 7) is 0. The van der Waals surface area contributed by atoms with E-state index in [0.717, 1.165) is 5.75 Å². The smallest absolute Gasteiger partial charge is 0.248 e. The lowest BCUT2D eigenvalue weighted by Gasteiger charge is -2.07. The first-order chi connectivity index (χ1) is 11.3. The number of carbonyl (C=O) groups is 1. The van der Waals surface area contributed by atoms with E-state index in [0.29, 0.717) is 17.2 Å². The Morgan fingerprint density at radius 2 is 1.65 bits per heavy atom. The van der Waals surface area contributed by atoms with Crippen LogP contribution in [0.3, 0.4) is 0 Å². The molecule has 23 heavy (non-hydrogen) atoms. The van der Waals surface area contributed by atoms with Crippen LogP contribution >= 0.6 is 0 Å². The maximum Gasteiger partial charge on any atom is 0.248 e. The molecule has 2 aromatic carbocycles. The maximum atomic E-state index is 11.8. The summed E-state index contributed by atoms with van der Waals surface area (Å²) in [5.41, 5.74) is 0.694. The van der Waals surface area contributed by atoms with Crippen LogP contribution in [0.5, 0.6) is 11.5 Å². The van der Waals surface area contributed by atoms with Crippen molar-refractivity contribution in [1.82, 2.24) is 0 Å². The predicted molar refractivity (Wildman–Crippen MR) is 89.3 cm³/mol. The molecule has 0 spiro atoms. The number of benzene rings is 2. The highest BCUT2D eigenvalue weighted by Gasteiger charge is 2.00. The van der Waals surface area contributed by atoms with Gasteiger partial charge in [0, 0.05) is 11.8 Å². The number of hydrogen-bond donors (Lipinski definition) is 1. The van der Waals surface area contributed by atoms with Crippen LogP contribution in [-0.2, 0) is 4.79 Å². The highest BCUT2D eigenvalue weighted by molar-refractivity contribution is 6.01. The molecule has 0 radical (unpaired) electrons. The summed E-state index contributed by atoms with van der Waals surface area (Å²) in [6.07, 6.45) is 4.60. The first-order valence-corrected chi connectivity index (χ1v) is 7.15. The van der Waals surface area contributed by atoms with Gasteiger partial charge >= 0.3 is 0 Å². The molecule has 0 bridgehead atoms. The van der Waals surface area contributed by atoms with Crippen molar-refractivity contribution < 1.29 is 13.9 Å². The third-order valence-electron chi connectivity index (χ3n) is 3.04. The maximum absolute atomic E-state index is 11.8. The summed E-state index contributed by atoms with van der Waals surface area (Å²) in [4.78, 5) is 11.8. The molecule has 0 saturated carbocycles. The molecule has 0 atom stereocenters. The summed E-state index contributed by atoms with van der Waals surface area (Å²) in [7, 11) is 0. The van der Waals surface area contributed by atoms with Gasteiger partial charge < -0.3 is 14.5 Å². The molecule has 4 heteroatoms. The Morgan fingerprint density at radius 1 is 0.913 bits per heavy atom. The van der Waals surface area contributed by atoms with Crippen molar-refractivity contribution in [1.29, 1.82) is 0 Å². The zero-order valence-corrected chi connectivity index (χ0v) is 12.3. The normalized spacial score (nSPS) is 10.6. The highest BCUT2D eigenvalue weighted by Crippen LogP contribution is 2.22. The van der Waals surface area contributed by atoms with Crippen molar-refractivity contribution in [3.63, 3.8) is 0 Å². The average molecular weight is 305 g/mol. The fraction of sp³-hybridized carbons (Fsp3) is 0. The Morgan fingerprint density at radius 3 is 2.35 bits per heavy atom. The minimum Gasteiger partial charge on any atom is -0.465 e. The molecule has 1 N–H and O–H groups in total. The van der Waals surface area contributed by atoms with E-state index >= 15 is 0 Å². The van der Waals surface area contributed by atoms with E-state index in [1.807, 2.05) is 30.3 Å². The van der Waals surface area contributed by atoms with Crippen molar-refractivity contribution in [2.75, 3.05) is 5.32 Å². The number of ether oxygens (including phenoxy) is 1. The summed E-state index contributed by atoms with van der Waals surface area (Å²) >= 11 is 0. The second-order valence-corrected chi connectivity index (χ2v) is 4.78. The van der Waals surface area contributed by atoms with Crippen LogP contribution in [0.4, 0.5) is 5.69 Å². The van der Waals surface area contributed by atoms with Gasteiger partial charge in [0.1, 0.15) is 17.3 Å². The van der Waals surface area contributed by atoms with Gasteiger partial charge in [-0.3, -0.25) is 4.79 Å². The number of anilines is 1. The molecule has 3 rings (SSSR count). The van der Waals surface area contributed by atoms with Crippen molar-refractivity contribution in [2.45, 2.75) is 0 Å². The monoisotopic (exact) mass is 305 g/mol. The molecule has 0 aliphatic carbocycles. The highest BCUT2D eigenvalue weighted by atomic mass is 16.5. The molecule has 114 valence electrons. The molecule has 1 amide bonds. The second-order valence-electron chi connectivity index (χ2n) is 4.78. The lowest BCUT2D eigenvalue weighted by Crippen LogP contribution is -2.07. The Balaban J connectivity index is 1.58. The Kier molecular flexibility index (Phi) is 4.55. The molecule has 0 aliphatic heterocycles. The number of carbonyl (C=O) groups excluding carboxylic acids is 1. The number of amides is 1. The van der Waals surface area contributed by atoms with Gasteiger partial charge in [0.15, 0.2) is 0 Å². The van der Waals surface area contributed by atoms with Crippen LogP contribution in [0.2, 0.25) is 0 Å². The van der Waals surface area contributed by atoms with E-state index in [4.69, 9.17) is 9.15 Å². The molecule has 4 nitrogen and oxygen atoms in total. The van der Waals surface area contributed by atoms with Crippen LogP contribution in [0.25, 0.3) is 6.08 Å². The number of nitrogens with one attached hydrogen (secondary N) is 1. The second kappa shape index (κ2) is 7.13. The molecule has 1 aromatic heterocycles. The Hall–Kier alpha value is -3.27. The largest absolute Gasteiger partial charge is 0.465 e. The molecule has 0 unspecified atom stereocenters. The first-order valence-electron chi connectivity index (χ1n) is 7.15. The molecule has 3 aromatic rings. The van der Waals surface area contributed by atoms with Gasteiger partial charge in [-0.25, -0.2) is 0 Å². The summed E-state index contributed by atoms with van der Waals surface area (Å²) in [5, 5.41) is 2.77. The van der Waals surface area contributed by atoms with Crippen LogP contribution in [0, 0.1) is 0 Å². The summed E-state index contributed by atoms with van der Waals surface area (Å²) in [5.74, 6) is 1.89. The lowest BCUT2D eigenvalue weighted by molar-refractivity contribution is -0.111. The summed E-state index contributed by atoms with van der Waals surface area (Å²) in [6, 6.07) is 20.3. The number of para-hydroxylation sites is 1. The van der Waals surface area contributed by atoms with Crippen LogP contribution in [-0.4, -0.2) is 5.91 Å². The quantitative estimate of drug-likeness (QED) is 0.694. The van der Waals surface area contributed by atoms with Gasteiger partial charge in [-0.05, 0) is 54.6 Å². The Labute approximate surface area is 134 Å². The fourth-order valence-corrected chi connectivity index (χ4v) is 1.96. The molecule has 0 saturated heterocycles. The van der Waals surface area contributed by atoms with E-state index < -0.39 is 0 Å². The topological polar surface area (TPSA) is 51.5 Å². The van der Waals surface area contributed by atoms with Gasteiger partial charge in [-0.15, -0.1) is 0 Å². The lowest BCUT2D eigenvalue weighted by atomic mass is 10.3. The zero-order valence-electron chi connectivity index (χ0n) is 12.3. The van der Waals surface area contributed by atoms with Gasteiger partial charge in [-0.2, -0.15) is 0 Å². The molecule has 0 aliphatic rings. The van der Waals surface area contributed by atoms with E-state index in [9.17, 15) is 4.79 Å². The van der Waals surface area contributed by atoms with E-state index in [1.54, 1.807) is 48.7 Å². The van der Waals surface area contributed by atoms with Gasteiger partial charge in [0.2, 0.25) is 5.91 Å². The third-order valence-corrected chi connectivity index (χ3v) is 3.04. The average Bonchev–Trinajstić information content (AvgIpc) is 3.09. The molecular formula is C19H15NO3. The SMILES string of the molecule is O=C(/C=C/c1ccco1)Nc1ccc(Oc2ccccc2)cc1. The van der Waals surface area contributed by atoms with Crippen molar-refractivity contribution in [3.8, 4) is 11.5 Å². The van der Waals surface area contributed by atoms with Crippen molar-refractivity contribution >= 4 is 17.7 Å². The van der Waals surface area contributed by atoms with Gasteiger partial charge in [-0.1, -0.05) is 18.2 Å².